The number of carbonyl (C=O) groups is 5. The molecule has 1 N–H and O–H groups in total. The van der Waals surface area contributed by atoms with Gasteiger partial charge < -0.3 is 24.1 Å². The molecule has 8 aliphatic rings. The average molecular weight is 671 g/mol. The Balaban J connectivity index is 0.000000182. The molecule has 0 amide bonds. The van der Waals surface area contributed by atoms with E-state index in [9.17, 15) is 42.3 Å². The van der Waals surface area contributed by atoms with E-state index < -0.39 is 52.5 Å². The molecule has 13 heteroatoms. The molecule has 0 aromatic carbocycles. The Bertz CT molecular complexity index is 1290. The van der Waals surface area contributed by atoms with Crippen LogP contribution in [0, 0.1) is 23.7 Å². The molecule has 262 valence electrons. The first-order valence-corrected chi connectivity index (χ1v) is 16.0. The van der Waals surface area contributed by atoms with Gasteiger partial charge in [-0.15, -0.1) is 0 Å². The van der Waals surface area contributed by atoms with E-state index in [0.29, 0.717) is 49.5 Å². The highest BCUT2D eigenvalue weighted by Crippen LogP contribution is 2.61. The predicted molar refractivity (Wildman–Crippen MR) is 159 cm³/mol. The summed E-state index contributed by atoms with van der Waals surface area (Å²) in [6.45, 7) is 12.7. The Hall–Kier alpha value is -3.22. The van der Waals surface area contributed by atoms with Crippen LogP contribution >= 0.6 is 0 Å². The van der Waals surface area contributed by atoms with Gasteiger partial charge in [0.25, 0.3) is 0 Å². The zero-order valence-electron chi connectivity index (χ0n) is 27.5. The minimum atomic E-state index is -5.01. The molecule has 10 nitrogen and oxygen atoms in total. The largest absolute Gasteiger partial charge is 0.490 e. The highest BCUT2D eigenvalue weighted by molar-refractivity contribution is 5.87. The number of halogens is 3. The van der Waals surface area contributed by atoms with Crippen LogP contribution < -0.4 is 0 Å². The molecule has 4 atom stereocenters. The summed E-state index contributed by atoms with van der Waals surface area (Å²) in [5.74, 6) is -2.79. The first-order valence-electron chi connectivity index (χ1n) is 16.0. The maximum atomic E-state index is 12.6. The van der Waals surface area contributed by atoms with Gasteiger partial charge in [0, 0.05) is 37.8 Å². The monoisotopic (exact) mass is 670 g/mol. The van der Waals surface area contributed by atoms with Gasteiger partial charge in [-0.25, -0.2) is 14.4 Å². The molecule has 8 aliphatic carbocycles. The van der Waals surface area contributed by atoms with Crippen LogP contribution in [0.3, 0.4) is 0 Å². The second kappa shape index (κ2) is 13.0. The molecular weight excluding hydrogens is 625 g/mol. The lowest BCUT2D eigenvalue weighted by molar-refractivity contribution is -0.251. The number of hydrogen-bond acceptors (Lipinski definition) is 10. The third kappa shape index (κ3) is 8.83. The molecule has 0 aromatic rings. The lowest BCUT2D eigenvalue weighted by atomic mass is 9.52. The second-order valence-electron chi connectivity index (χ2n) is 15.0. The van der Waals surface area contributed by atoms with Crippen LogP contribution in [0.5, 0.6) is 0 Å². The number of esters is 5. The van der Waals surface area contributed by atoms with Crippen LogP contribution in [0.25, 0.3) is 0 Å². The fraction of sp³-hybridized carbons (Fsp3) is 0.735. The van der Waals surface area contributed by atoms with E-state index in [-0.39, 0.29) is 29.8 Å². The van der Waals surface area contributed by atoms with Crippen molar-refractivity contribution >= 4 is 29.8 Å². The lowest BCUT2D eigenvalue weighted by Crippen LogP contribution is -2.62. The average Bonchev–Trinajstić information content (AvgIpc) is 2.84. The van der Waals surface area contributed by atoms with Crippen LogP contribution in [0.4, 0.5) is 13.2 Å². The van der Waals surface area contributed by atoms with Gasteiger partial charge in [0.2, 0.25) is 0 Å². The molecule has 4 unspecified atom stereocenters. The zero-order chi connectivity index (χ0) is 35.2. The van der Waals surface area contributed by atoms with Crippen molar-refractivity contribution in [3.05, 3.63) is 24.3 Å². The van der Waals surface area contributed by atoms with Crippen molar-refractivity contribution in [2.24, 2.45) is 23.7 Å². The Kier molecular flexibility index (Phi) is 10.1. The summed E-state index contributed by atoms with van der Waals surface area (Å²) >= 11 is 0. The summed E-state index contributed by atoms with van der Waals surface area (Å²) in [6.07, 6.45) is 3.59. The van der Waals surface area contributed by atoms with E-state index in [1.54, 1.807) is 6.92 Å². The van der Waals surface area contributed by atoms with Gasteiger partial charge in [-0.05, 0) is 102 Å². The van der Waals surface area contributed by atoms with Crippen molar-refractivity contribution in [3.8, 4) is 0 Å². The van der Waals surface area contributed by atoms with E-state index in [1.165, 1.54) is 27.2 Å². The summed E-state index contributed by atoms with van der Waals surface area (Å²) in [4.78, 5) is 54.6. The van der Waals surface area contributed by atoms with Crippen molar-refractivity contribution in [1.29, 1.82) is 0 Å². The van der Waals surface area contributed by atoms with Gasteiger partial charge in [0.15, 0.2) is 0 Å². The number of rotatable bonds is 5. The third-order valence-electron chi connectivity index (χ3n) is 10.1. The van der Waals surface area contributed by atoms with Gasteiger partial charge in [-0.1, -0.05) is 13.2 Å². The highest BCUT2D eigenvalue weighted by Gasteiger charge is 2.63. The number of hydrogen-bond donors (Lipinski definition) is 1. The molecule has 8 rings (SSSR count). The van der Waals surface area contributed by atoms with Crippen LogP contribution in [0.2, 0.25) is 0 Å². The Morgan fingerprint density at radius 2 is 0.957 bits per heavy atom. The molecule has 0 aromatic heterocycles. The number of ether oxygens (including phenoxy) is 4. The summed E-state index contributed by atoms with van der Waals surface area (Å²) in [7, 11) is 0. The van der Waals surface area contributed by atoms with E-state index in [2.05, 4.69) is 17.9 Å². The maximum absolute atomic E-state index is 12.6. The van der Waals surface area contributed by atoms with Crippen molar-refractivity contribution in [3.63, 3.8) is 0 Å². The fourth-order valence-electron chi connectivity index (χ4n) is 9.61. The first kappa shape index (κ1) is 36.6. The molecule has 8 fully saturated rings. The quantitative estimate of drug-likeness (QED) is 0.170. The van der Waals surface area contributed by atoms with E-state index in [1.807, 2.05) is 0 Å². The van der Waals surface area contributed by atoms with Crippen LogP contribution in [-0.2, 0) is 42.9 Å². The Labute approximate surface area is 272 Å². The molecule has 0 radical (unpaired) electrons. The van der Waals surface area contributed by atoms with Crippen LogP contribution in [-0.4, -0.2) is 63.5 Å². The van der Waals surface area contributed by atoms with E-state index in [0.717, 1.165) is 32.1 Å². The first-order chi connectivity index (χ1) is 21.5. The molecule has 0 heterocycles. The van der Waals surface area contributed by atoms with Gasteiger partial charge in [0.05, 0.1) is 5.60 Å². The fourth-order valence-corrected chi connectivity index (χ4v) is 9.61. The topological polar surface area (TPSA) is 143 Å². The normalized spacial score (nSPS) is 36.9. The summed E-state index contributed by atoms with van der Waals surface area (Å²) < 4.78 is 57.9. The van der Waals surface area contributed by atoms with Crippen molar-refractivity contribution in [2.75, 3.05) is 0 Å². The predicted octanol–water partition coefficient (Wildman–Crippen LogP) is 5.59. The van der Waals surface area contributed by atoms with Crippen LogP contribution in [0.1, 0.15) is 105 Å². The Morgan fingerprint density at radius 3 is 1.26 bits per heavy atom. The third-order valence-corrected chi connectivity index (χ3v) is 10.1. The second-order valence-corrected chi connectivity index (χ2v) is 15.0. The van der Waals surface area contributed by atoms with Gasteiger partial charge in [0.1, 0.15) is 16.8 Å². The van der Waals surface area contributed by atoms with Crippen LogP contribution in [0.15, 0.2) is 24.3 Å². The summed E-state index contributed by atoms with van der Waals surface area (Å²) in [5, 5.41) is 10.5. The van der Waals surface area contributed by atoms with Crippen molar-refractivity contribution in [2.45, 2.75) is 133 Å². The van der Waals surface area contributed by atoms with E-state index in [4.69, 9.17) is 14.2 Å². The van der Waals surface area contributed by atoms with Crippen molar-refractivity contribution in [1.82, 2.24) is 0 Å². The van der Waals surface area contributed by atoms with Gasteiger partial charge >= 0.3 is 36.0 Å². The molecule has 47 heavy (non-hydrogen) atoms. The lowest BCUT2D eigenvalue weighted by Gasteiger charge is -2.60. The van der Waals surface area contributed by atoms with Crippen molar-refractivity contribution < 1.29 is 61.2 Å². The molecule has 8 saturated carbocycles. The molecule has 0 spiro atoms. The molecule has 0 aliphatic heterocycles. The number of carbonyl (C=O) groups excluding carboxylic acids is 5. The SMILES string of the molecule is C=C(C)C(=O)OC12CC3CC(C1)CC(OC(=O)C(F)(F)F)(C3)C2.C=C(C)C(=O)OC12CC3CC(CC(O)(C3)C1)C2.CC(=O)OC(C)=O. The molecule has 8 bridgehead atoms. The Morgan fingerprint density at radius 1 is 0.617 bits per heavy atom. The number of aliphatic hydroxyl groups is 1. The van der Waals surface area contributed by atoms with Gasteiger partial charge in [-0.2, -0.15) is 13.2 Å². The highest BCUT2D eigenvalue weighted by atomic mass is 19.4. The standard InChI is InChI=1S/C16H19F3O4.C14H20O3.C4H6O3/c1-9(2)12(20)22-14-4-10-3-11(5-14)7-15(6-10,8-14)23-13(21)16(17,18)19;1-9(2)12(15)17-14-6-10-3-11(7-14)5-13(16,4-10)8-14;1-3(5)7-4(2)6/h10-11H,1,3-8H2,2H3;10-11,16H,1,3-8H2,2H3;1-2H3. The minimum Gasteiger partial charge on any atom is -0.456 e. The maximum Gasteiger partial charge on any atom is 0.490 e. The number of alkyl halides is 3. The summed E-state index contributed by atoms with van der Waals surface area (Å²) in [5.41, 5.74) is -2.25. The molecular formula is C34H45F3O10. The summed E-state index contributed by atoms with van der Waals surface area (Å²) in [6, 6.07) is 0. The minimum absolute atomic E-state index is 0.121. The zero-order valence-corrected chi connectivity index (χ0v) is 27.5. The van der Waals surface area contributed by atoms with E-state index >= 15 is 0 Å². The smallest absolute Gasteiger partial charge is 0.456 e. The van der Waals surface area contributed by atoms with Gasteiger partial charge in [-0.3, -0.25) is 9.59 Å². The molecule has 0 saturated heterocycles.